The van der Waals surface area contributed by atoms with Crippen LogP contribution in [0.3, 0.4) is 0 Å². The van der Waals surface area contributed by atoms with Gasteiger partial charge in [0.05, 0.1) is 5.41 Å². The first-order chi connectivity index (χ1) is 5.46. The number of carbonyl (C=O) groups is 1. The fourth-order valence-corrected chi connectivity index (χ4v) is 0.752. The molecule has 68 valence electrons. The molecule has 0 N–H and O–H groups in total. The Morgan fingerprint density at radius 1 is 1.50 bits per heavy atom. The maximum Gasteiger partial charge on any atom is 0.316 e. The van der Waals surface area contributed by atoms with E-state index in [9.17, 15) is 4.79 Å². The van der Waals surface area contributed by atoms with E-state index in [1.807, 2.05) is 20.8 Å². The summed E-state index contributed by atoms with van der Waals surface area (Å²) < 4.78 is 5.11. The Hall–Kier alpha value is -0.790. The van der Waals surface area contributed by atoms with Crippen LogP contribution in [-0.4, -0.2) is 5.97 Å². The second-order valence-electron chi connectivity index (χ2n) is 4.07. The van der Waals surface area contributed by atoms with Gasteiger partial charge in [-0.05, 0) is 19.8 Å². The van der Waals surface area contributed by atoms with E-state index in [0.29, 0.717) is 5.76 Å². The summed E-state index contributed by atoms with van der Waals surface area (Å²) in [5, 5.41) is 0. The largest absolute Gasteiger partial charge is 0.431 e. The lowest BCUT2D eigenvalue weighted by Gasteiger charge is -2.12. The summed E-state index contributed by atoms with van der Waals surface area (Å²) in [4.78, 5) is 11.4. The third-order valence-corrected chi connectivity index (χ3v) is 2.36. The maximum atomic E-state index is 11.4. The molecule has 0 heterocycles. The van der Waals surface area contributed by atoms with Gasteiger partial charge in [-0.2, -0.15) is 0 Å². The highest BCUT2D eigenvalue weighted by Gasteiger charge is 2.46. The molecule has 2 heteroatoms. The molecule has 1 fully saturated rings. The maximum absolute atomic E-state index is 11.4. The van der Waals surface area contributed by atoms with Gasteiger partial charge in [0.25, 0.3) is 0 Å². The van der Waals surface area contributed by atoms with E-state index >= 15 is 0 Å². The molecule has 1 rings (SSSR count). The highest BCUT2D eigenvalue weighted by molar-refractivity contribution is 5.80. The zero-order valence-electron chi connectivity index (χ0n) is 8.02. The van der Waals surface area contributed by atoms with Crippen molar-refractivity contribution in [1.82, 2.24) is 0 Å². The Morgan fingerprint density at radius 2 is 2.00 bits per heavy atom. The summed E-state index contributed by atoms with van der Waals surface area (Å²) in [6.45, 7) is 9.55. The molecule has 1 aliphatic carbocycles. The summed E-state index contributed by atoms with van der Waals surface area (Å²) in [5.74, 6) is 0.686. The molecule has 0 unspecified atom stereocenters. The van der Waals surface area contributed by atoms with Gasteiger partial charge in [0, 0.05) is 5.92 Å². The second kappa shape index (κ2) is 2.92. The van der Waals surface area contributed by atoms with E-state index in [1.165, 1.54) is 0 Å². The van der Waals surface area contributed by atoms with E-state index < -0.39 is 0 Å². The quantitative estimate of drug-likeness (QED) is 0.478. The van der Waals surface area contributed by atoms with E-state index in [0.717, 1.165) is 12.8 Å². The molecule has 0 aromatic carbocycles. The summed E-state index contributed by atoms with van der Waals surface area (Å²) in [5.41, 5.74) is -0.197. The van der Waals surface area contributed by atoms with Crippen molar-refractivity contribution < 1.29 is 9.53 Å². The van der Waals surface area contributed by atoms with Gasteiger partial charge < -0.3 is 4.74 Å². The Kier molecular flexibility index (Phi) is 2.27. The van der Waals surface area contributed by atoms with Crippen molar-refractivity contribution in [3.63, 3.8) is 0 Å². The van der Waals surface area contributed by atoms with Crippen LogP contribution >= 0.6 is 0 Å². The molecule has 0 amide bonds. The minimum absolute atomic E-state index is 0.110. The van der Waals surface area contributed by atoms with E-state index in [1.54, 1.807) is 0 Å². The van der Waals surface area contributed by atoms with Crippen molar-refractivity contribution in [2.75, 3.05) is 0 Å². The lowest BCUT2D eigenvalue weighted by molar-refractivity contribution is -0.145. The van der Waals surface area contributed by atoms with Crippen LogP contribution in [-0.2, 0) is 9.53 Å². The zero-order chi connectivity index (χ0) is 9.35. The van der Waals surface area contributed by atoms with E-state index in [-0.39, 0.29) is 17.3 Å². The highest BCUT2D eigenvalue weighted by Crippen LogP contribution is 2.46. The van der Waals surface area contributed by atoms with Crippen molar-refractivity contribution in [2.45, 2.75) is 33.6 Å². The molecule has 12 heavy (non-hydrogen) atoms. The van der Waals surface area contributed by atoms with Crippen LogP contribution in [0, 0.1) is 11.3 Å². The first kappa shape index (κ1) is 9.30. The standard InChI is InChI=1S/C10H16O2/c1-7(2)8(3)12-9(11)10(4)5-6-10/h7H,3,5-6H2,1-2,4H3. The van der Waals surface area contributed by atoms with Gasteiger partial charge in [0.1, 0.15) is 5.76 Å². The SMILES string of the molecule is C=C(OC(=O)C1(C)CC1)C(C)C. The molecule has 0 aromatic heterocycles. The Balaban J connectivity index is 2.41. The smallest absolute Gasteiger partial charge is 0.316 e. The average molecular weight is 168 g/mol. The highest BCUT2D eigenvalue weighted by atomic mass is 16.5. The number of hydrogen-bond donors (Lipinski definition) is 0. The van der Waals surface area contributed by atoms with E-state index in [4.69, 9.17) is 4.74 Å². The first-order valence-electron chi connectivity index (χ1n) is 4.37. The minimum Gasteiger partial charge on any atom is -0.431 e. The Labute approximate surface area is 73.6 Å². The Morgan fingerprint density at radius 3 is 2.33 bits per heavy atom. The van der Waals surface area contributed by atoms with Crippen molar-refractivity contribution in [3.05, 3.63) is 12.3 Å². The first-order valence-corrected chi connectivity index (χ1v) is 4.37. The van der Waals surface area contributed by atoms with Crippen molar-refractivity contribution in [3.8, 4) is 0 Å². The second-order valence-corrected chi connectivity index (χ2v) is 4.07. The van der Waals surface area contributed by atoms with Crippen molar-refractivity contribution in [1.29, 1.82) is 0 Å². The zero-order valence-corrected chi connectivity index (χ0v) is 8.02. The lowest BCUT2D eigenvalue weighted by Crippen LogP contribution is -2.16. The molecule has 0 aromatic rings. The van der Waals surface area contributed by atoms with Gasteiger partial charge in [-0.25, -0.2) is 0 Å². The van der Waals surface area contributed by atoms with Crippen LogP contribution in [0.15, 0.2) is 12.3 Å². The monoisotopic (exact) mass is 168 g/mol. The van der Waals surface area contributed by atoms with Crippen LogP contribution in [0.1, 0.15) is 33.6 Å². The fraction of sp³-hybridized carbons (Fsp3) is 0.700. The Bertz CT molecular complexity index is 212. The number of allylic oxidation sites excluding steroid dienone is 1. The lowest BCUT2D eigenvalue weighted by atomic mass is 10.1. The predicted molar refractivity (Wildman–Crippen MR) is 47.4 cm³/mol. The third kappa shape index (κ3) is 1.87. The van der Waals surface area contributed by atoms with Gasteiger partial charge in [-0.15, -0.1) is 0 Å². The number of esters is 1. The molecule has 2 nitrogen and oxygen atoms in total. The minimum atomic E-state index is -0.197. The van der Waals surface area contributed by atoms with Crippen LogP contribution in [0.2, 0.25) is 0 Å². The summed E-state index contributed by atoms with van der Waals surface area (Å²) in [6, 6.07) is 0. The van der Waals surface area contributed by atoms with Gasteiger partial charge in [0.2, 0.25) is 0 Å². The fourth-order valence-electron chi connectivity index (χ4n) is 0.752. The molecule has 0 aliphatic heterocycles. The number of ether oxygens (including phenoxy) is 1. The topological polar surface area (TPSA) is 26.3 Å². The van der Waals surface area contributed by atoms with Crippen LogP contribution in [0.25, 0.3) is 0 Å². The van der Waals surface area contributed by atoms with Crippen LogP contribution in [0.5, 0.6) is 0 Å². The van der Waals surface area contributed by atoms with Crippen molar-refractivity contribution in [2.24, 2.45) is 11.3 Å². The summed E-state index contributed by atoms with van der Waals surface area (Å²) in [7, 11) is 0. The molecular formula is C10H16O2. The van der Waals surface area contributed by atoms with Gasteiger partial charge in [-0.1, -0.05) is 20.4 Å². The van der Waals surface area contributed by atoms with E-state index in [2.05, 4.69) is 6.58 Å². The average Bonchev–Trinajstić information content (AvgIpc) is 2.69. The molecule has 0 saturated heterocycles. The normalized spacial score (nSPS) is 19.0. The number of hydrogen-bond acceptors (Lipinski definition) is 2. The predicted octanol–water partition coefficient (Wildman–Crippen LogP) is 2.50. The molecule has 1 aliphatic rings. The third-order valence-electron chi connectivity index (χ3n) is 2.36. The molecule has 0 bridgehead atoms. The number of carbonyl (C=O) groups excluding carboxylic acids is 1. The van der Waals surface area contributed by atoms with Crippen LogP contribution in [0.4, 0.5) is 0 Å². The summed E-state index contributed by atoms with van der Waals surface area (Å²) >= 11 is 0. The molecule has 1 saturated carbocycles. The van der Waals surface area contributed by atoms with Gasteiger partial charge in [0.15, 0.2) is 0 Å². The van der Waals surface area contributed by atoms with Gasteiger partial charge in [-0.3, -0.25) is 4.79 Å². The molecule has 0 radical (unpaired) electrons. The summed E-state index contributed by atoms with van der Waals surface area (Å²) in [6.07, 6.45) is 1.91. The molecule has 0 atom stereocenters. The number of rotatable bonds is 3. The van der Waals surface area contributed by atoms with Crippen LogP contribution < -0.4 is 0 Å². The van der Waals surface area contributed by atoms with Gasteiger partial charge >= 0.3 is 5.97 Å². The molecular weight excluding hydrogens is 152 g/mol. The molecule has 0 spiro atoms. The van der Waals surface area contributed by atoms with Crippen molar-refractivity contribution >= 4 is 5.97 Å².